The molecule has 0 bridgehead atoms. The number of pyridine rings is 1. The highest BCUT2D eigenvalue weighted by atomic mass is 35.5. The van der Waals surface area contributed by atoms with Gasteiger partial charge >= 0.3 is 0 Å². The van der Waals surface area contributed by atoms with Crippen molar-refractivity contribution < 1.29 is 0 Å². The van der Waals surface area contributed by atoms with Crippen molar-refractivity contribution in [2.45, 2.75) is 0 Å². The number of nitrogens with zero attached hydrogens (tertiary/aromatic N) is 2. The Morgan fingerprint density at radius 1 is 1.15 bits per heavy atom. The Morgan fingerprint density at radius 3 is 2.90 bits per heavy atom. The van der Waals surface area contributed by atoms with Gasteiger partial charge in [0.15, 0.2) is 5.69 Å². The van der Waals surface area contributed by atoms with Gasteiger partial charge in [0.2, 0.25) is 0 Å². The molecule has 0 unspecified atom stereocenters. The molecule has 0 aliphatic carbocycles. The molecule has 3 rings (SSSR count). The Morgan fingerprint density at radius 2 is 2.05 bits per heavy atom. The molecule has 20 heavy (non-hydrogen) atoms. The van der Waals surface area contributed by atoms with E-state index < -0.39 is 0 Å². The van der Waals surface area contributed by atoms with Gasteiger partial charge in [-0.15, -0.1) is 0 Å². The van der Waals surface area contributed by atoms with Gasteiger partial charge in [0.05, 0.1) is 5.02 Å². The number of halogens is 1. The maximum Gasteiger partial charge on any atom is 0.160 e. The number of hydrogen-bond acceptors (Lipinski definition) is 2. The van der Waals surface area contributed by atoms with Crippen LogP contribution in [0.1, 0.15) is 16.8 Å². The van der Waals surface area contributed by atoms with Crippen molar-refractivity contribution in [1.82, 2.24) is 9.97 Å². The van der Waals surface area contributed by atoms with Crippen molar-refractivity contribution in [2.24, 2.45) is 0 Å². The topological polar surface area (TPSA) is 52.5 Å². The number of aromatic amines is 1. The van der Waals surface area contributed by atoms with Crippen LogP contribution in [0.15, 0.2) is 42.7 Å². The number of nitriles is 1. The Balaban J connectivity index is 2.01. The zero-order chi connectivity index (χ0) is 13.9. The maximum atomic E-state index is 8.87. The van der Waals surface area contributed by atoms with Gasteiger partial charge in [-0.3, -0.25) is 0 Å². The lowest BCUT2D eigenvalue weighted by molar-refractivity contribution is 1.26. The minimum Gasteiger partial charge on any atom is -0.361 e. The molecular formula is C16H8ClN3. The summed E-state index contributed by atoms with van der Waals surface area (Å²) in [7, 11) is 0. The summed E-state index contributed by atoms with van der Waals surface area (Å²) >= 11 is 6.06. The smallest absolute Gasteiger partial charge is 0.160 e. The van der Waals surface area contributed by atoms with E-state index in [2.05, 4.69) is 21.8 Å². The molecule has 0 radical (unpaired) electrons. The maximum absolute atomic E-state index is 8.87. The van der Waals surface area contributed by atoms with Crippen LogP contribution in [0.4, 0.5) is 0 Å². The largest absolute Gasteiger partial charge is 0.361 e. The minimum atomic E-state index is 0.194. The highest BCUT2D eigenvalue weighted by molar-refractivity contribution is 6.32. The average Bonchev–Trinajstić information content (AvgIpc) is 2.93. The molecule has 0 amide bonds. The normalized spacial score (nSPS) is 9.80. The Bertz CT molecular complexity index is 891. The van der Waals surface area contributed by atoms with E-state index in [1.54, 1.807) is 6.07 Å². The third kappa shape index (κ3) is 2.23. The number of aromatic nitrogens is 2. The van der Waals surface area contributed by atoms with Crippen LogP contribution in [-0.2, 0) is 0 Å². The summed E-state index contributed by atoms with van der Waals surface area (Å²) in [5, 5.41) is 10.3. The fourth-order valence-corrected chi connectivity index (χ4v) is 2.09. The number of H-pyrrole nitrogens is 1. The number of rotatable bonds is 0. The van der Waals surface area contributed by atoms with Gasteiger partial charge in [0.25, 0.3) is 0 Å². The van der Waals surface area contributed by atoms with Crippen LogP contribution >= 0.6 is 11.6 Å². The summed E-state index contributed by atoms with van der Waals surface area (Å²) in [5.74, 6) is 6.03. The predicted octanol–water partition coefficient (Wildman–Crippen LogP) is 3.49. The van der Waals surface area contributed by atoms with Crippen LogP contribution in [0.25, 0.3) is 10.9 Å². The number of nitrogens with one attached hydrogen (secondary N) is 1. The van der Waals surface area contributed by atoms with Crippen LogP contribution in [0.5, 0.6) is 0 Å². The first-order chi connectivity index (χ1) is 9.78. The highest BCUT2D eigenvalue weighted by Crippen LogP contribution is 2.18. The second-order valence-electron chi connectivity index (χ2n) is 4.16. The summed E-state index contributed by atoms with van der Waals surface area (Å²) < 4.78 is 0. The summed E-state index contributed by atoms with van der Waals surface area (Å²) in [5.41, 5.74) is 2.76. The predicted molar refractivity (Wildman–Crippen MR) is 78.2 cm³/mol. The molecule has 0 saturated heterocycles. The Hall–Kier alpha value is -2.75. The molecule has 4 heteroatoms. The third-order valence-electron chi connectivity index (χ3n) is 2.89. The fourth-order valence-electron chi connectivity index (χ4n) is 1.89. The van der Waals surface area contributed by atoms with Crippen molar-refractivity contribution >= 4 is 22.5 Å². The van der Waals surface area contributed by atoms with Crippen LogP contribution in [0.3, 0.4) is 0 Å². The fraction of sp³-hybridized carbons (Fsp3) is 0. The molecule has 1 aromatic carbocycles. The molecule has 0 atom stereocenters. The number of fused-ring (bicyclic) bond motifs is 1. The van der Waals surface area contributed by atoms with Crippen molar-refractivity contribution in [3.8, 4) is 17.9 Å². The van der Waals surface area contributed by atoms with Gasteiger partial charge in [0.1, 0.15) is 6.07 Å². The first-order valence-electron chi connectivity index (χ1n) is 5.92. The first-order valence-corrected chi connectivity index (χ1v) is 6.29. The van der Waals surface area contributed by atoms with E-state index in [-0.39, 0.29) is 5.69 Å². The van der Waals surface area contributed by atoms with E-state index in [1.807, 2.05) is 36.5 Å². The summed E-state index contributed by atoms with van der Waals surface area (Å²) in [4.78, 5) is 7.01. The summed E-state index contributed by atoms with van der Waals surface area (Å²) in [6, 6.07) is 11.5. The zero-order valence-corrected chi connectivity index (χ0v) is 11.1. The molecule has 2 aromatic heterocycles. The van der Waals surface area contributed by atoms with E-state index in [1.165, 1.54) is 6.20 Å². The molecule has 3 nitrogen and oxygen atoms in total. The molecule has 0 aliphatic rings. The Labute approximate surface area is 120 Å². The van der Waals surface area contributed by atoms with E-state index in [4.69, 9.17) is 16.9 Å². The SMILES string of the molecule is N#Cc1nccc(C#Cc2ccc3[nH]ccc3c2)c1Cl. The van der Waals surface area contributed by atoms with E-state index in [0.29, 0.717) is 10.6 Å². The van der Waals surface area contributed by atoms with Crippen molar-refractivity contribution in [3.05, 3.63) is 64.6 Å². The summed E-state index contributed by atoms with van der Waals surface area (Å²) in [6.07, 6.45) is 3.42. The standard InChI is InChI=1S/C16H8ClN3/c17-16-12(5-7-20-15(16)10-18)3-1-11-2-4-14-13(9-11)6-8-19-14/h2,4-9,19H. The van der Waals surface area contributed by atoms with Crippen molar-refractivity contribution in [2.75, 3.05) is 0 Å². The number of benzene rings is 1. The van der Waals surface area contributed by atoms with Gasteiger partial charge in [-0.1, -0.05) is 23.4 Å². The monoisotopic (exact) mass is 277 g/mol. The quantitative estimate of drug-likeness (QED) is 0.640. The lowest BCUT2D eigenvalue weighted by atomic mass is 10.1. The summed E-state index contributed by atoms with van der Waals surface area (Å²) in [6.45, 7) is 0. The molecule has 3 aromatic rings. The molecule has 0 spiro atoms. The van der Waals surface area contributed by atoms with E-state index in [9.17, 15) is 0 Å². The molecule has 1 N–H and O–H groups in total. The Kier molecular flexibility index (Phi) is 3.13. The van der Waals surface area contributed by atoms with E-state index >= 15 is 0 Å². The molecule has 0 saturated carbocycles. The lowest BCUT2D eigenvalue weighted by Crippen LogP contribution is -1.87. The van der Waals surface area contributed by atoms with Crippen LogP contribution in [0, 0.1) is 23.2 Å². The molecule has 0 fully saturated rings. The van der Waals surface area contributed by atoms with Gasteiger partial charge in [-0.25, -0.2) is 4.98 Å². The third-order valence-corrected chi connectivity index (χ3v) is 3.27. The second-order valence-corrected chi connectivity index (χ2v) is 4.54. The molecule has 94 valence electrons. The van der Waals surface area contributed by atoms with Gasteiger partial charge in [-0.05, 0) is 30.3 Å². The average molecular weight is 278 g/mol. The lowest BCUT2D eigenvalue weighted by Gasteiger charge is -1.96. The first kappa shape index (κ1) is 12.3. The van der Waals surface area contributed by atoms with Crippen LogP contribution in [-0.4, -0.2) is 9.97 Å². The van der Waals surface area contributed by atoms with Crippen molar-refractivity contribution in [1.29, 1.82) is 5.26 Å². The zero-order valence-electron chi connectivity index (χ0n) is 10.3. The van der Waals surface area contributed by atoms with Crippen LogP contribution < -0.4 is 0 Å². The molecule has 2 heterocycles. The van der Waals surface area contributed by atoms with Gasteiger partial charge in [0, 0.05) is 34.4 Å². The van der Waals surface area contributed by atoms with Gasteiger partial charge in [-0.2, -0.15) is 5.26 Å². The highest BCUT2D eigenvalue weighted by Gasteiger charge is 2.04. The molecule has 0 aliphatic heterocycles. The van der Waals surface area contributed by atoms with Gasteiger partial charge < -0.3 is 4.98 Å². The van der Waals surface area contributed by atoms with Crippen molar-refractivity contribution in [3.63, 3.8) is 0 Å². The molecular weight excluding hydrogens is 270 g/mol. The second kappa shape index (κ2) is 5.09. The number of hydrogen-bond donors (Lipinski definition) is 1. The van der Waals surface area contributed by atoms with E-state index in [0.717, 1.165) is 16.5 Å². The minimum absolute atomic E-state index is 0.194. The van der Waals surface area contributed by atoms with Crippen LogP contribution in [0.2, 0.25) is 5.02 Å².